The second-order valence-electron chi connectivity index (χ2n) is 9.86. The van der Waals surface area contributed by atoms with Gasteiger partial charge >= 0.3 is 0 Å². The minimum Gasteiger partial charge on any atom is -0.496 e. The molecule has 236 valence electrons. The average Bonchev–Trinajstić information content (AvgIpc) is 3.01. The lowest BCUT2D eigenvalue weighted by molar-refractivity contribution is -0.228. The summed E-state index contributed by atoms with van der Waals surface area (Å²) in [6, 6.07) is 6.11. The summed E-state index contributed by atoms with van der Waals surface area (Å²) in [7, 11) is 8.54. The van der Waals surface area contributed by atoms with Gasteiger partial charge in [0.05, 0.1) is 49.3 Å². The van der Waals surface area contributed by atoms with E-state index in [1.54, 1.807) is 31.2 Å². The summed E-state index contributed by atoms with van der Waals surface area (Å²) in [6.45, 7) is 0.783. The zero-order valence-corrected chi connectivity index (χ0v) is 25.2. The van der Waals surface area contributed by atoms with Gasteiger partial charge in [0.15, 0.2) is 23.0 Å². The molecular weight excluding hydrogens is 552 g/mol. The van der Waals surface area contributed by atoms with Crippen molar-refractivity contribution in [1.82, 2.24) is 0 Å². The summed E-state index contributed by atoms with van der Waals surface area (Å²) in [5.41, 5.74) is -4.16. The number of hydrogen-bond donors (Lipinski definition) is 6. The summed E-state index contributed by atoms with van der Waals surface area (Å²) < 4.78 is 32.4. The van der Waals surface area contributed by atoms with Crippen LogP contribution in [-0.4, -0.2) is 109 Å². The molecule has 2 aromatic rings. The first-order valence-electron chi connectivity index (χ1n) is 13.2. The molecule has 12 nitrogen and oxygen atoms in total. The van der Waals surface area contributed by atoms with E-state index in [0.29, 0.717) is 28.6 Å². The van der Waals surface area contributed by atoms with Crippen molar-refractivity contribution < 1.29 is 59.1 Å². The molecule has 1 unspecified atom stereocenters. The maximum Gasteiger partial charge on any atom is 0.164 e. The predicted octanol–water partition coefficient (Wildman–Crippen LogP) is 1.03. The van der Waals surface area contributed by atoms with Crippen LogP contribution in [0.25, 0.3) is 0 Å². The van der Waals surface area contributed by atoms with Gasteiger partial charge in [-0.2, -0.15) is 0 Å². The van der Waals surface area contributed by atoms with Gasteiger partial charge in [-0.3, -0.25) is 0 Å². The fourth-order valence-electron chi connectivity index (χ4n) is 4.96. The van der Waals surface area contributed by atoms with E-state index < -0.39 is 42.5 Å². The first-order valence-corrected chi connectivity index (χ1v) is 13.2. The highest BCUT2D eigenvalue weighted by Gasteiger charge is 2.54. The highest BCUT2D eigenvalue weighted by molar-refractivity contribution is 5.52. The SMILES string of the molecule is C/C=C/CC(O)(Cc1cc(OC)c(OC)cc1OC)[C@@H](O)[C@@](O)(Cc1cc(OC)c(OC)cc1OC)[C@H](O)[C@@H](O)CO. The van der Waals surface area contributed by atoms with Crippen LogP contribution in [0.4, 0.5) is 0 Å². The largest absolute Gasteiger partial charge is 0.496 e. The minimum atomic E-state index is -2.64. The molecule has 2 aromatic carbocycles. The average molecular weight is 597 g/mol. The van der Waals surface area contributed by atoms with E-state index in [-0.39, 0.29) is 29.9 Å². The summed E-state index contributed by atoms with van der Waals surface area (Å²) >= 11 is 0. The molecule has 0 heterocycles. The van der Waals surface area contributed by atoms with Gasteiger partial charge in [-0.15, -0.1) is 0 Å². The molecule has 0 fully saturated rings. The summed E-state index contributed by atoms with van der Waals surface area (Å²) in [5.74, 6) is 1.80. The van der Waals surface area contributed by atoms with E-state index in [9.17, 15) is 30.6 Å². The van der Waals surface area contributed by atoms with E-state index in [1.165, 1.54) is 54.8 Å². The van der Waals surface area contributed by atoms with Crippen LogP contribution in [-0.2, 0) is 12.8 Å². The number of benzene rings is 2. The van der Waals surface area contributed by atoms with Crippen molar-refractivity contribution >= 4 is 0 Å². The standard InChI is InChI=1S/C30H44O12/c1-8-9-10-29(35,15-18-11-23(39-4)25(41-6)13-21(18)37-2)28(34)30(36,27(33)20(32)17-31)16-19-12-24(40-5)26(42-7)14-22(19)38-3/h8-9,11-14,20,27-28,31-36H,10,15-17H2,1-7H3/b9-8+/t20-,27+,28+,29?,30+/m0/s1. The van der Waals surface area contributed by atoms with Crippen molar-refractivity contribution in [3.8, 4) is 34.5 Å². The highest BCUT2D eigenvalue weighted by Crippen LogP contribution is 2.42. The van der Waals surface area contributed by atoms with Crippen LogP contribution in [0, 0.1) is 0 Å². The molecule has 0 aliphatic rings. The van der Waals surface area contributed by atoms with Crippen molar-refractivity contribution in [2.24, 2.45) is 0 Å². The van der Waals surface area contributed by atoms with Gasteiger partial charge in [-0.1, -0.05) is 12.2 Å². The number of methoxy groups -OCH3 is 6. The Bertz CT molecular complexity index is 1190. The molecule has 0 amide bonds. The van der Waals surface area contributed by atoms with Crippen LogP contribution in [0.15, 0.2) is 36.4 Å². The normalized spacial score (nSPS) is 16.6. The predicted molar refractivity (Wildman–Crippen MR) is 154 cm³/mol. The zero-order chi connectivity index (χ0) is 31.7. The number of ether oxygens (including phenoxy) is 6. The maximum absolute atomic E-state index is 12.1. The molecule has 0 saturated heterocycles. The summed E-state index contributed by atoms with van der Waals surface area (Å²) in [5, 5.41) is 67.3. The summed E-state index contributed by atoms with van der Waals surface area (Å²) in [6.07, 6.45) is -3.91. The second-order valence-corrected chi connectivity index (χ2v) is 9.86. The van der Waals surface area contributed by atoms with Crippen molar-refractivity contribution in [1.29, 1.82) is 0 Å². The lowest BCUT2D eigenvalue weighted by Crippen LogP contribution is -2.66. The fraction of sp³-hybridized carbons (Fsp3) is 0.533. The van der Waals surface area contributed by atoms with E-state index in [1.807, 2.05) is 0 Å². The second kappa shape index (κ2) is 15.3. The smallest absolute Gasteiger partial charge is 0.164 e. The van der Waals surface area contributed by atoms with E-state index >= 15 is 0 Å². The Morgan fingerprint density at radius 1 is 0.667 bits per heavy atom. The Morgan fingerprint density at radius 3 is 1.45 bits per heavy atom. The molecule has 0 aliphatic carbocycles. The van der Waals surface area contributed by atoms with Crippen LogP contribution in [0.5, 0.6) is 34.5 Å². The molecule has 0 aromatic heterocycles. The van der Waals surface area contributed by atoms with Crippen molar-refractivity contribution in [2.75, 3.05) is 49.3 Å². The van der Waals surface area contributed by atoms with Gasteiger partial charge in [0.25, 0.3) is 0 Å². The van der Waals surface area contributed by atoms with Crippen molar-refractivity contribution in [2.45, 2.75) is 55.7 Å². The third-order valence-corrected chi connectivity index (χ3v) is 7.30. The van der Waals surface area contributed by atoms with E-state index in [2.05, 4.69) is 0 Å². The molecule has 0 aliphatic heterocycles. The Hall–Kier alpha value is -3.26. The van der Waals surface area contributed by atoms with Crippen LogP contribution < -0.4 is 28.4 Å². The number of allylic oxidation sites excluding steroid dienone is 1. The van der Waals surface area contributed by atoms with Crippen LogP contribution >= 0.6 is 0 Å². The highest BCUT2D eigenvalue weighted by atomic mass is 16.5. The van der Waals surface area contributed by atoms with E-state index in [0.717, 1.165) is 0 Å². The Labute approximate surface area is 246 Å². The molecule has 0 spiro atoms. The quantitative estimate of drug-likeness (QED) is 0.143. The molecule has 5 atom stereocenters. The van der Waals surface area contributed by atoms with Gasteiger partial charge in [0.2, 0.25) is 0 Å². The molecular formula is C30H44O12. The van der Waals surface area contributed by atoms with Gasteiger partial charge in [-0.05, 0) is 25.5 Å². The zero-order valence-electron chi connectivity index (χ0n) is 25.2. The number of hydrogen-bond acceptors (Lipinski definition) is 12. The third kappa shape index (κ3) is 7.38. The third-order valence-electron chi connectivity index (χ3n) is 7.30. The minimum absolute atomic E-state index is 0.185. The fourth-order valence-corrected chi connectivity index (χ4v) is 4.96. The van der Waals surface area contributed by atoms with Gasteiger partial charge in [0.1, 0.15) is 41.0 Å². The first-order chi connectivity index (χ1) is 19.9. The van der Waals surface area contributed by atoms with Crippen LogP contribution in [0.3, 0.4) is 0 Å². The molecule has 0 saturated carbocycles. The molecule has 0 radical (unpaired) electrons. The first kappa shape index (κ1) is 34.9. The van der Waals surface area contributed by atoms with Crippen LogP contribution in [0.2, 0.25) is 0 Å². The van der Waals surface area contributed by atoms with Gasteiger partial charge in [-0.25, -0.2) is 0 Å². The molecule has 12 heteroatoms. The lowest BCUT2D eigenvalue weighted by atomic mass is 9.71. The molecule has 6 N–H and O–H groups in total. The summed E-state index contributed by atoms with van der Waals surface area (Å²) in [4.78, 5) is 0. The topological polar surface area (TPSA) is 177 Å². The monoisotopic (exact) mass is 596 g/mol. The van der Waals surface area contributed by atoms with Gasteiger partial charge < -0.3 is 59.1 Å². The lowest BCUT2D eigenvalue weighted by Gasteiger charge is -2.46. The van der Waals surface area contributed by atoms with Gasteiger partial charge in [0, 0.05) is 36.1 Å². The maximum atomic E-state index is 12.1. The number of aliphatic hydroxyl groups is 6. The molecule has 42 heavy (non-hydrogen) atoms. The number of rotatable bonds is 17. The van der Waals surface area contributed by atoms with Crippen molar-refractivity contribution in [3.63, 3.8) is 0 Å². The Morgan fingerprint density at radius 2 is 1.07 bits per heavy atom. The van der Waals surface area contributed by atoms with Crippen molar-refractivity contribution in [3.05, 3.63) is 47.5 Å². The Balaban J connectivity index is 2.76. The molecule has 2 rings (SSSR count). The number of aliphatic hydroxyl groups excluding tert-OH is 4. The van der Waals surface area contributed by atoms with E-state index in [4.69, 9.17) is 28.4 Å². The molecule has 0 bridgehead atoms. The van der Waals surface area contributed by atoms with Crippen LogP contribution in [0.1, 0.15) is 24.5 Å². The Kier molecular flexibility index (Phi) is 12.7.